The minimum Gasteiger partial charge on any atom is -0.466 e. The Bertz CT molecular complexity index is 1020. The molecule has 2 heterocycles. The maximum atomic E-state index is 13.7. The number of rotatable bonds is 4. The van der Waals surface area contributed by atoms with E-state index >= 15 is 0 Å². The molecule has 0 bridgehead atoms. The zero-order valence-electron chi connectivity index (χ0n) is 14.0. The molecule has 1 atom stereocenters. The minimum atomic E-state index is -1.49. The maximum Gasteiger partial charge on any atom is 0.259 e. The predicted molar refractivity (Wildman–Crippen MR) is 93.9 cm³/mol. The molecular weight excluding hydrogens is 354 g/mol. The highest BCUT2D eigenvalue weighted by Crippen LogP contribution is 2.46. The lowest BCUT2D eigenvalue weighted by atomic mass is 9.79. The van der Waals surface area contributed by atoms with Gasteiger partial charge in [-0.05, 0) is 48.5 Å². The molecule has 2 amide bonds. The van der Waals surface area contributed by atoms with Crippen LogP contribution in [0.15, 0.2) is 71.3 Å². The van der Waals surface area contributed by atoms with Gasteiger partial charge in [-0.2, -0.15) is 0 Å². The molecule has 1 aromatic heterocycles. The van der Waals surface area contributed by atoms with Crippen molar-refractivity contribution in [1.29, 1.82) is 0 Å². The number of β-lactam (4-membered cyclic amide) rings is 1. The molecule has 0 radical (unpaired) electrons. The molecule has 5 nitrogen and oxygen atoms in total. The van der Waals surface area contributed by atoms with Gasteiger partial charge in [-0.15, -0.1) is 0 Å². The van der Waals surface area contributed by atoms with Crippen molar-refractivity contribution in [3.63, 3.8) is 0 Å². The number of benzene rings is 2. The smallest absolute Gasteiger partial charge is 0.259 e. The fourth-order valence-electron chi connectivity index (χ4n) is 3.28. The topological polar surface area (TPSA) is 62.6 Å². The molecule has 2 aromatic carbocycles. The summed E-state index contributed by atoms with van der Waals surface area (Å²) in [4.78, 5) is 26.7. The van der Waals surface area contributed by atoms with Crippen molar-refractivity contribution in [2.75, 3.05) is 10.2 Å². The van der Waals surface area contributed by atoms with Gasteiger partial charge in [0.1, 0.15) is 17.4 Å². The second-order valence-corrected chi connectivity index (χ2v) is 6.19. The second kappa shape index (κ2) is 6.35. The molecule has 7 heteroatoms. The Kier molecular flexibility index (Phi) is 3.99. The van der Waals surface area contributed by atoms with E-state index in [2.05, 4.69) is 5.32 Å². The molecule has 1 aliphatic rings. The van der Waals surface area contributed by atoms with E-state index in [9.17, 15) is 18.4 Å². The van der Waals surface area contributed by atoms with E-state index in [1.54, 1.807) is 12.1 Å². The molecule has 1 N–H and O–H groups in total. The van der Waals surface area contributed by atoms with Gasteiger partial charge in [0.05, 0.1) is 12.7 Å². The van der Waals surface area contributed by atoms with E-state index in [1.807, 2.05) is 0 Å². The summed E-state index contributed by atoms with van der Waals surface area (Å²) in [7, 11) is 0. The third-order valence-corrected chi connectivity index (χ3v) is 4.49. The van der Waals surface area contributed by atoms with Gasteiger partial charge in [0.2, 0.25) is 5.91 Å². The maximum absolute atomic E-state index is 13.7. The largest absolute Gasteiger partial charge is 0.466 e. The molecular formula is C20H14F2N2O3. The lowest BCUT2D eigenvalue weighted by Crippen LogP contribution is -2.67. The molecule has 4 rings (SSSR count). The normalized spacial score (nSPS) is 18.9. The summed E-state index contributed by atoms with van der Waals surface area (Å²) < 4.78 is 32.6. The van der Waals surface area contributed by atoms with Crippen LogP contribution in [-0.2, 0) is 15.1 Å². The van der Waals surface area contributed by atoms with Gasteiger partial charge in [0, 0.05) is 11.4 Å². The lowest BCUT2D eigenvalue weighted by molar-refractivity contribution is -0.138. The predicted octanol–water partition coefficient (Wildman–Crippen LogP) is 3.83. The third-order valence-electron chi connectivity index (χ3n) is 4.49. The first-order chi connectivity index (χ1) is 13.0. The molecule has 1 fully saturated rings. The van der Waals surface area contributed by atoms with Crippen LogP contribution in [0, 0.1) is 11.6 Å². The monoisotopic (exact) mass is 368 g/mol. The average molecular weight is 368 g/mol. The first kappa shape index (κ1) is 17.0. The highest BCUT2D eigenvalue weighted by atomic mass is 19.1. The van der Waals surface area contributed by atoms with Crippen molar-refractivity contribution in [2.24, 2.45) is 0 Å². The first-order valence-electron chi connectivity index (χ1n) is 8.20. The standard InChI is InChI=1S/C20H14F2N2O3/c21-13-4-1-6-15(10-13)23-19(26)20(17-8-3-9-27-17)12-18(25)24(20)16-7-2-5-14(22)11-16/h1-11H,12H2,(H,23,26). The van der Waals surface area contributed by atoms with Crippen LogP contribution in [0.3, 0.4) is 0 Å². The zero-order valence-corrected chi connectivity index (χ0v) is 14.0. The fourth-order valence-corrected chi connectivity index (χ4v) is 3.28. The number of nitrogens with zero attached hydrogens (tertiary/aromatic N) is 1. The number of hydrogen-bond acceptors (Lipinski definition) is 3. The van der Waals surface area contributed by atoms with E-state index in [0.29, 0.717) is 0 Å². The Hall–Kier alpha value is -3.48. The summed E-state index contributed by atoms with van der Waals surface area (Å²) >= 11 is 0. The van der Waals surface area contributed by atoms with Crippen molar-refractivity contribution in [2.45, 2.75) is 12.0 Å². The van der Waals surface area contributed by atoms with Crippen LogP contribution in [0.2, 0.25) is 0 Å². The van der Waals surface area contributed by atoms with Gasteiger partial charge in [0.25, 0.3) is 5.91 Å². The summed E-state index contributed by atoms with van der Waals surface area (Å²) in [5.74, 6) is -1.74. The van der Waals surface area contributed by atoms with Crippen LogP contribution in [0.5, 0.6) is 0 Å². The Morgan fingerprint density at radius 3 is 2.41 bits per heavy atom. The van der Waals surface area contributed by atoms with E-state index in [4.69, 9.17) is 4.42 Å². The lowest BCUT2D eigenvalue weighted by Gasteiger charge is -2.48. The van der Waals surface area contributed by atoms with E-state index in [-0.39, 0.29) is 29.5 Å². The molecule has 3 aromatic rings. The number of amides is 2. The Morgan fingerprint density at radius 1 is 1.04 bits per heavy atom. The summed E-state index contributed by atoms with van der Waals surface area (Å²) in [5.41, 5.74) is -1.01. The Labute approximate surface area is 153 Å². The molecule has 0 spiro atoms. The Morgan fingerprint density at radius 2 is 1.78 bits per heavy atom. The summed E-state index contributed by atoms with van der Waals surface area (Å²) in [5, 5.41) is 2.62. The number of anilines is 2. The SMILES string of the molecule is O=C1CC(C(=O)Nc2cccc(F)c2)(c2ccco2)N1c1cccc(F)c1. The summed E-state index contributed by atoms with van der Waals surface area (Å²) in [6.45, 7) is 0. The quantitative estimate of drug-likeness (QED) is 0.712. The fraction of sp³-hybridized carbons (Fsp3) is 0.100. The van der Waals surface area contributed by atoms with Crippen LogP contribution in [0.4, 0.5) is 20.2 Å². The van der Waals surface area contributed by atoms with Crippen LogP contribution in [0.1, 0.15) is 12.2 Å². The third kappa shape index (κ3) is 2.77. The van der Waals surface area contributed by atoms with Gasteiger partial charge in [-0.1, -0.05) is 12.1 Å². The molecule has 1 saturated heterocycles. The molecule has 136 valence electrons. The van der Waals surface area contributed by atoms with Gasteiger partial charge >= 0.3 is 0 Å². The molecule has 1 unspecified atom stereocenters. The molecule has 1 aliphatic heterocycles. The number of hydrogen-bond donors (Lipinski definition) is 1. The molecule has 0 aliphatic carbocycles. The van der Waals surface area contributed by atoms with Crippen molar-refractivity contribution in [3.8, 4) is 0 Å². The first-order valence-corrected chi connectivity index (χ1v) is 8.20. The van der Waals surface area contributed by atoms with Crippen molar-refractivity contribution < 1.29 is 22.8 Å². The van der Waals surface area contributed by atoms with Gasteiger partial charge < -0.3 is 9.73 Å². The number of nitrogens with one attached hydrogen (secondary N) is 1. The molecule has 0 saturated carbocycles. The van der Waals surface area contributed by atoms with Crippen LogP contribution in [0.25, 0.3) is 0 Å². The summed E-state index contributed by atoms with van der Waals surface area (Å²) in [6.07, 6.45) is 1.23. The molecule has 27 heavy (non-hydrogen) atoms. The highest BCUT2D eigenvalue weighted by Gasteiger charge is 2.60. The number of carbonyl (C=O) groups excluding carboxylic acids is 2. The van der Waals surface area contributed by atoms with Crippen LogP contribution >= 0.6 is 0 Å². The van der Waals surface area contributed by atoms with Crippen LogP contribution in [-0.4, -0.2) is 11.8 Å². The van der Waals surface area contributed by atoms with Crippen LogP contribution < -0.4 is 10.2 Å². The highest BCUT2D eigenvalue weighted by molar-refractivity contribution is 6.16. The number of halogens is 2. The van der Waals surface area contributed by atoms with Gasteiger partial charge in [-0.25, -0.2) is 8.78 Å². The van der Waals surface area contributed by atoms with Crippen molar-refractivity contribution >= 4 is 23.2 Å². The van der Waals surface area contributed by atoms with Crippen molar-refractivity contribution in [1.82, 2.24) is 0 Å². The van der Waals surface area contributed by atoms with Gasteiger partial charge in [0.15, 0.2) is 5.54 Å². The second-order valence-electron chi connectivity index (χ2n) is 6.19. The zero-order chi connectivity index (χ0) is 19.0. The van der Waals surface area contributed by atoms with E-state index < -0.39 is 23.1 Å². The Balaban J connectivity index is 1.77. The van der Waals surface area contributed by atoms with E-state index in [0.717, 1.165) is 0 Å². The average Bonchev–Trinajstić information content (AvgIpc) is 3.14. The van der Waals surface area contributed by atoms with Gasteiger partial charge in [-0.3, -0.25) is 14.5 Å². The minimum absolute atomic E-state index is 0.155. The summed E-state index contributed by atoms with van der Waals surface area (Å²) in [6, 6.07) is 14.0. The number of furan rings is 1. The number of carbonyl (C=O) groups is 2. The van der Waals surface area contributed by atoms with Crippen molar-refractivity contribution in [3.05, 3.63) is 84.3 Å². The van der Waals surface area contributed by atoms with E-state index in [1.165, 1.54) is 59.7 Å².